The van der Waals surface area contributed by atoms with Gasteiger partial charge in [-0.2, -0.15) is 72.5 Å². The van der Waals surface area contributed by atoms with E-state index in [0.717, 1.165) is 53.4 Å². The summed E-state index contributed by atoms with van der Waals surface area (Å²) in [7, 11) is -28.0. The van der Waals surface area contributed by atoms with Gasteiger partial charge >= 0.3 is 21.2 Å². The number of nitro benzene ring substituents is 1. The number of fused-ring (bicyclic) bond motifs is 3. The van der Waals surface area contributed by atoms with Crippen LogP contribution in [0.15, 0.2) is 182 Å². The fourth-order valence-electron chi connectivity index (χ4n) is 10.1. The number of nitriles is 1. The van der Waals surface area contributed by atoms with Crippen LogP contribution in [-0.2, 0) is 78.4 Å². The molecule has 0 radical (unpaired) electrons. The highest BCUT2D eigenvalue weighted by atomic mass is 32.2. The molecule has 0 fully saturated rings. The molecule has 9 N–H and O–H groups in total. The molecule has 0 atom stereocenters. The van der Waals surface area contributed by atoms with Gasteiger partial charge in [-0.25, -0.2) is 4.98 Å². The molecule has 0 aliphatic rings. The fraction of sp³-hybridized carbons (Fsp3) is 0.219. The van der Waals surface area contributed by atoms with E-state index in [0.29, 0.717) is 28.4 Å². The van der Waals surface area contributed by atoms with Crippen LogP contribution in [0.25, 0.3) is 16.7 Å². The van der Waals surface area contributed by atoms with E-state index in [1.54, 1.807) is 56.6 Å². The molecule has 45 nitrogen and oxygen atoms in total. The van der Waals surface area contributed by atoms with Crippen molar-refractivity contribution in [3.05, 3.63) is 160 Å². The minimum absolute atomic E-state index is 0.00140. The number of azo groups is 4. The monoisotopic (exact) mass is 1800 g/mol. The maximum atomic E-state index is 12.4. The van der Waals surface area contributed by atoms with Crippen LogP contribution in [0.1, 0.15) is 47.1 Å². The number of nitrogens with zero attached hydrogens (tertiary/aromatic N) is 16. The van der Waals surface area contributed by atoms with E-state index in [2.05, 4.69) is 87.9 Å². The lowest BCUT2D eigenvalue weighted by Gasteiger charge is -2.15. The third-order valence-electron chi connectivity index (χ3n) is 15.4. The Balaban J connectivity index is 0.00000207. The Labute approximate surface area is 680 Å². The van der Waals surface area contributed by atoms with Gasteiger partial charge in [0.05, 0.1) is 74.6 Å². The Bertz CT molecular complexity index is 6530. The van der Waals surface area contributed by atoms with E-state index < -0.39 is 121 Å². The van der Waals surface area contributed by atoms with Crippen molar-refractivity contribution in [1.82, 2.24) is 29.3 Å². The number of aryl methyl sites for hydroxylation is 2. The molecule has 6 aromatic carbocycles. The number of non-ortho nitro benzene ring substituents is 1. The Morgan fingerprint density at radius 2 is 1.12 bits per heavy atom. The van der Waals surface area contributed by atoms with Crippen LogP contribution < -0.4 is 25.4 Å². The molecule has 0 amide bonds. The van der Waals surface area contributed by atoms with E-state index in [1.807, 2.05) is 0 Å². The molecule has 0 aliphatic carbocycles. The van der Waals surface area contributed by atoms with Gasteiger partial charge in [0.1, 0.15) is 50.8 Å². The van der Waals surface area contributed by atoms with Gasteiger partial charge in [0, 0.05) is 64.2 Å². The smallest absolute Gasteiger partial charge is 0.425 e. The predicted octanol–water partition coefficient (Wildman–Crippen LogP) is 12.1. The highest BCUT2D eigenvalue weighted by Gasteiger charge is 2.25. The number of pyridine rings is 2. The Morgan fingerprint density at radius 3 is 1.69 bits per heavy atom. The second-order valence-electron chi connectivity index (χ2n) is 23.8. The van der Waals surface area contributed by atoms with Crippen LogP contribution in [0.3, 0.4) is 0 Å². The molecule has 4 heterocycles. The number of aromatic nitrogens is 6. The molecule has 118 heavy (non-hydrogen) atoms. The summed E-state index contributed by atoms with van der Waals surface area (Å²) in [6.07, 6.45) is 2.62. The summed E-state index contributed by atoms with van der Waals surface area (Å²) in [5, 5.41) is 78.6. The normalized spacial score (nSPS) is 12.0. The van der Waals surface area contributed by atoms with Crippen molar-refractivity contribution in [3.63, 3.8) is 0 Å². The zero-order valence-corrected chi connectivity index (χ0v) is 68.1. The highest BCUT2D eigenvalue weighted by molar-refractivity contribution is 7.99. The minimum Gasteiger partial charge on any atom is -0.497 e. The third-order valence-corrected chi connectivity index (χ3v) is 21.8. The summed E-state index contributed by atoms with van der Waals surface area (Å²) in [4.78, 5) is 32.0. The van der Waals surface area contributed by atoms with Crippen LogP contribution in [0, 0.1) is 42.2 Å². The summed E-state index contributed by atoms with van der Waals surface area (Å²) in [6, 6.07) is 26.5. The topological polar surface area (TPSA) is 684 Å². The standard InChI is InChI=1S/C64H61N19O20S7.2O3S/c1-36-25-51(78-81-59-38(3)44(34-65)60-69-50-29-42(102-4)12-14-54(50)82(60)61(59)84)55(103-19-6-22-106(87,88)89)31-46(36)75-80-53-30-48(70-64-72-62(67-35-39-15-17-66-18-16-39)71-63(73-64)68-40-9-5-10-43(27-40)109(96,97)98)49(33-57(53)105-21-8-24-108(93,94)95)77-79-52-26-37(2)47(32-56(52)104-20-7-23-107(90,91)92)76-74-45-13-11-41(83(85)86)28-58(45)110(99,100)101;2*1-4(2)3/h5,9-18,25-33,84H,6-8,19-24,35H2,1-4H3,(H,87,88,89)(H,90,91,92)(H,93,94,95)(H,96,97,98)(H,99,100,101)(H3,67,68,70,71,72,73);;. The van der Waals surface area contributed by atoms with E-state index in [4.69, 9.17) is 34.7 Å². The fourth-order valence-corrected chi connectivity index (χ4v) is 15.0. The van der Waals surface area contributed by atoms with Gasteiger partial charge in [-0.1, -0.05) is 6.07 Å². The summed E-state index contributed by atoms with van der Waals surface area (Å²) in [5.74, 6) is -2.69. The lowest BCUT2D eigenvalue weighted by atomic mass is 10.1. The Morgan fingerprint density at radius 1 is 0.585 bits per heavy atom. The first-order valence-corrected chi connectivity index (χ1v) is 44.4. The molecule has 0 saturated heterocycles. The number of methoxy groups -OCH3 is 1. The van der Waals surface area contributed by atoms with E-state index in [1.165, 1.54) is 67.0 Å². The largest absolute Gasteiger partial charge is 0.497 e. The summed E-state index contributed by atoms with van der Waals surface area (Å²) in [6.45, 7) is 4.45. The second-order valence-corrected chi connectivity index (χ2v) is 34.4. The molecule has 0 spiro atoms. The SMILES string of the molecule is COc1ccc2c(c1)nc1c(C#N)c(C)c(N=Nc3cc(C)c(N=Nc4cc(Nc5nc(NCc6ccncc6)nc(Nc6cccc(S(=O)(=O)O)c6)n5)c(N=Nc5cc(C)c(N=Nc6ccc([N+](=O)[O-])cc6S(=O)(=O)O)cc5SCCCS(=O)(=O)O)cc4SCCCS(=O)(=O)O)cc3OCCCS(=O)(=O)O)c(O)n12.O=S(=O)=O.O=S(=O)=O. The maximum Gasteiger partial charge on any atom is 0.425 e. The number of thioether (sulfide) groups is 2. The van der Waals surface area contributed by atoms with E-state index >= 15 is 0 Å². The molecule has 4 aromatic heterocycles. The highest BCUT2D eigenvalue weighted by Crippen LogP contribution is 2.46. The number of ether oxygens (including phenoxy) is 2. The van der Waals surface area contributed by atoms with Crippen molar-refractivity contribution in [2.45, 2.75) is 66.2 Å². The van der Waals surface area contributed by atoms with Crippen molar-refractivity contribution >= 4 is 192 Å². The van der Waals surface area contributed by atoms with Gasteiger partial charge in [-0.3, -0.25) is 42.3 Å². The Hall–Kier alpha value is -12.0. The number of anilines is 5. The molecule has 10 aromatic rings. The Kier molecular flexibility index (Phi) is 31.2. The minimum atomic E-state index is -5.11. The molecule has 54 heteroatoms. The summed E-state index contributed by atoms with van der Waals surface area (Å²) >= 11 is 2.02. The lowest BCUT2D eigenvalue weighted by molar-refractivity contribution is -0.385. The first-order chi connectivity index (χ1) is 55.5. The van der Waals surface area contributed by atoms with Crippen LogP contribution in [-0.4, -0.2) is 172 Å². The van der Waals surface area contributed by atoms with Gasteiger partial charge < -0.3 is 30.5 Å². The first-order valence-electron chi connectivity index (χ1n) is 32.8. The number of hydrogen-bond acceptors (Lipinski definition) is 40. The van der Waals surface area contributed by atoms with Crippen LogP contribution >= 0.6 is 23.5 Å². The molecule has 0 saturated carbocycles. The van der Waals surface area contributed by atoms with Gasteiger partial charge in [0.25, 0.3) is 56.3 Å². The van der Waals surface area contributed by atoms with Crippen molar-refractivity contribution in [2.75, 3.05) is 58.4 Å². The molecular weight excluding hydrogens is 1740 g/mol. The number of nitrogens with one attached hydrogen (secondary N) is 3. The van der Waals surface area contributed by atoms with Crippen LogP contribution in [0.4, 0.5) is 80.4 Å². The third kappa shape index (κ3) is 27.3. The molecule has 10 rings (SSSR count). The number of rotatable bonds is 34. The number of benzene rings is 6. The maximum absolute atomic E-state index is 12.4. The van der Waals surface area contributed by atoms with E-state index in [-0.39, 0.29) is 151 Å². The van der Waals surface area contributed by atoms with Gasteiger partial charge in [0.15, 0.2) is 11.3 Å². The number of nitro groups is 1. The second kappa shape index (κ2) is 40.2. The zero-order valence-electron chi connectivity index (χ0n) is 60.8. The van der Waals surface area contributed by atoms with Crippen molar-refractivity contribution in [3.8, 4) is 23.4 Å². The van der Waals surface area contributed by atoms with Crippen LogP contribution in [0.2, 0.25) is 0 Å². The quantitative estimate of drug-likeness (QED) is 0.00452. The number of hydrogen-bond donors (Lipinski definition) is 9. The average Bonchev–Trinajstić information content (AvgIpc) is 1.58. The molecule has 0 unspecified atom stereocenters. The number of aromatic hydroxyl groups is 1. The molecule has 622 valence electrons. The zero-order chi connectivity index (χ0) is 86.6. The van der Waals surface area contributed by atoms with Crippen LogP contribution in [0.5, 0.6) is 17.4 Å². The van der Waals surface area contributed by atoms with Gasteiger partial charge in [-0.05, 0) is 147 Å². The summed E-state index contributed by atoms with van der Waals surface area (Å²) in [5.41, 5.74) is 1.28. The lowest BCUT2D eigenvalue weighted by Crippen LogP contribution is -2.10. The van der Waals surface area contributed by atoms with Gasteiger partial charge in [-0.15, -0.1) is 79.5 Å². The van der Waals surface area contributed by atoms with Crippen molar-refractivity contribution in [1.29, 1.82) is 5.26 Å². The first kappa shape index (κ1) is 91.5. The van der Waals surface area contributed by atoms with Crippen molar-refractivity contribution in [2.24, 2.45) is 40.9 Å². The van der Waals surface area contributed by atoms with Crippen molar-refractivity contribution < 1.29 is 110 Å². The summed E-state index contributed by atoms with van der Waals surface area (Å²) < 4.78 is 233. The molecule has 0 aliphatic heterocycles. The predicted molar refractivity (Wildman–Crippen MR) is 422 cm³/mol. The number of imidazole rings is 1. The van der Waals surface area contributed by atoms with E-state index in [9.17, 15) is 85.3 Å². The molecular formula is C64H61N19O26S9. The molecule has 0 bridgehead atoms. The average molecular weight is 1800 g/mol. The van der Waals surface area contributed by atoms with Gasteiger partial charge in [0.2, 0.25) is 23.7 Å².